The van der Waals surface area contributed by atoms with Crippen molar-refractivity contribution in [2.45, 2.75) is 38.0 Å². The van der Waals surface area contributed by atoms with E-state index < -0.39 is 29.5 Å². The molecule has 1 saturated carbocycles. The van der Waals surface area contributed by atoms with E-state index >= 15 is 0 Å². The van der Waals surface area contributed by atoms with E-state index in [1.807, 2.05) is 0 Å². The largest absolute Gasteiger partial charge is 0.445 e. The summed E-state index contributed by atoms with van der Waals surface area (Å²) in [5.74, 6) is -1.01. The van der Waals surface area contributed by atoms with E-state index in [0.717, 1.165) is 13.1 Å². The molecule has 2 bridgehead atoms. The molecule has 1 saturated heterocycles. The Morgan fingerprint density at radius 2 is 2.15 bits per heavy atom. The number of piperidine rings is 1. The van der Waals surface area contributed by atoms with E-state index in [1.165, 1.54) is 24.6 Å². The Bertz CT molecular complexity index is 1110. The zero-order valence-electron chi connectivity index (χ0n) is 17.6. The Hall–Kier alpha value is -3.50. The Morgan fingerprint density at radius 1 is 1.36 bits per heavy atom. The molecule has 3 unspecified atom stereocenters. The van der Waals surface area contributed by atoms with Gasteiger partial charge in [-0.15, -0.1) is 0 Å². The lowest BCUT2D eigenvalue weighted by atomic mass is 10.0. The Labute approximate surface area is 186 Å². The predicted octanol–water partition coefficient (Wildman–Crippen LogP) is 4.20. The summed E-state index contributed by atoms with van der Waals surface area (Å²) < 4.78 is 58.2. The quantitative estimate of drug-likeness (QED) is 0.419. The highest BCUT2D eigenvalue weighted by molar-refractivity contribution is 6.00. The fraction of sp³-hybridized carbons (Fsp3) is 0.364. The Balaban J connectivity index is 1.57. The van der Waals surface area contributed by atoms with E-state index in [0.29, 0.717) is 19.4 Å². The number of alkyl halides is 3. The molecule has 1 amide bonds. The predicted molar refractivity (Wildman–Crippen MR) is 113 cm³/mol. The summed E-state index contributed by atoms with van der Waals surface area (Å²) in [6.07, 6.45) is 0.331. The van der Waals surface area contributed by atoms with Crippen molar-refractivity contribution in [2.24, 2.45) is 15.9 Å². The molecular formula is C22H21F4N5O2. The van der Waals surface area contributed by atoms with Gasteiger partial charge < -0.3 is 14.6 Å². The monoisotopic (exact) mass is 463 g/mol. The van der Waals surface area contributed by atoms with Crippen molar-refractivity contribution in [1.29, 1.82) is 0 Å². The van der Waals surface area contributed by atoms with Gasteiger partial charge in [-0.25, -0.2) is 19.4 Å². The number of aliphatic imine (C=N–C) groups is 2. The summed E-state index contributed by atoms with van der Waals surface area (Å²) in [4.78, 5) is 27.0. The van der Waals surface area contributed by atoms with Crippen molar-refractivity contribution in [3.8, 4) is 11.5 Å². The number of hydrogen-bond acceptors (Lipinski definition) is 4. The van der Waals surface area contributed by atoms with Gasteiger partial charge in [-0.2, -0.15) is 13.2 Å². The maximum Gasteiger partial charge on any atom is 0.413 e. The second kappa shape index (κ2) is 8.80. The summed E-state index contributed by atoms with van der Waals surface area (Å²) in [6, 6.07) is 3.48. The van der Waals surface area contributed by atoms with Crippen LogP contribution in [0.4, 0.5) is 17.6 Å². The number of halogens is 4. The third kappa shape index (κ3) is 4.53. The van der Waals surface area contributed by atoms with Gasteiger partial charge in [0.15, 0.2) is 0 Å². The third-order valence-corrected chi connectivity index (χ3v) is 5.90. The molecule has 1 aliphatic heterocycles. The zero-order chi connectivity index (χ0) is 23.8. The molecule has 4 rings (SSSR count). The molecule has 1 aromatic heterocycles. The van der Waals surface area contributed by atoms with Gasteiger partial charge in [0, 0.05) is 18.3 Å². The number of nitrogens with one attached hydrogen (secondary N) is 1. The van der Waals surface area contributed by atoms with Crippen molar-refractivity contribution < 1.29 is 26.8 Å². The molecule has 0 radical (unpaired) electrons. The second-order valence-corrected chi connectivity index (χ2v) is 8.01. The van der Waals surface area contributed by atoms with Crippen LogP contribution in [0.2, 0.25) is 0 Å². The summed E-state index contributed by atoms with van der Waals surface area (Å²) in [7, 11) is 0. The minimum Gasteiger partial charge on any atom is -0.445 e. The van der Waals surface area contributed by atoms with Gasteiger partial charge in [0.2, 0.25) is 11.9 Å². The molecule has 0 spiro atoms. The smallest absolute Gasteiger partial charge is 0.413 e. The summed E-state index contributed by atoms with van der Waals surface area (Å²) in [5.41, 5.74) is -0.739. The molecule has 2 aromatic rings. The number of likely N-dealkylation sites (tertiary alicyclic amines) is 1. The molecule has 11 heteroatoms. The first kappa shape index (κ1) is 22.7. The number of carbonyl (C=O) groups excluding carboxylic acids is 1. The minimum absolute atomic E-state index is 0.0742. The number of fused-ring (bicyclic) bond motifs is 2. The number of rotatable bonds is 4. The van der Waals surface area contributed by atoms with Crippen LogP contribution in [0.5, 0.6) is 0 Å². The van der Waals surface area contributed by atoms with Gasteiger partial charge in [0.1, 0.15) is 12.1 Å². The summed E-state index contributed by atoms with van der Waals surface area (Å²) in [5, 5.41) is 2.43. The maximum atomic E-state index is 14.7. The van der Waals surface area contributed by atoms with Gasteiger partial charge in [-0.1, -0.05) is 6.07 Å². The van der Waals surface area contributed by atoms with E-state index in [1.54, 1.807) is 11.0 Å². The van der Waals surface area contributed by atoms with Gasteiger partial charge >= 0.3 is 6.18 Å². The van der Waals surface area contributed by atoms with Crippen molar-refractivity contribution in [3.05, 3.63) is 53.8 Å². The first-order valence-corrected chi connectivity index (χ1v) is 10.2. The Kier molecular flexibility index (Phi) is 6.05. The molecule has 2 heterocycles. The number of benzene rings is 1. The highest BCUT2D eigenvalue weighted by Crippen LogP contribution is 2.41. The molecule has 174 valence electrons. The van der Waals surface area contributed by atoms with Crippen LogP contribution in [0.15, 0.2) is 56.8 Å². The van der Waals surface area contributed by atoms with Crippen molar-refractivity contribution in [3.63, 3.8) is 0 Å². The molecule has 33 heavy (non-hydrogen) atoms. The topological polar surface area (TPSA) is 83.1 Å². The molecule has 1 N–H and O–H groups in total. The fourth-order valence-electron chi connectivity index (χ4n) is 4.32. The van der Waals surface area contributed by atoms with Crippen LogP contribution in [-0.4, -0.2) is 53.3 Å². The SMILES string of the molecule is C=NC(=NC1CC2CC1N(C(=O)c1c(F)cccc1-c1ncco1)C2)N/C=C(\C)C(F)(F)F. The first-order chi connectivity index (χ1) is 15.7. The van der Waals surface area contributed by atoms with Crippen LogP contribution in [0.25, 0.3) is 11.5 Å². The number of oxazole rings is 1. The molecule has 2 fully saturated rings. The standard InChI is InChI=1S/C22H21F4N5O2/c1-12(22(24,25)26)10-29-21(27-2)30-16-8-13-9-17(16)31(11-13)20(32)18-14(4-3-5-15(18)23)19-28-6-7-33-19/h3-7,10,13,16-17H,2,8-9,11H2,1H3,(H,29,30)/b12-10+. The lowest BCUT2D eigenvalue weighted by Crippen LogP contribution is -2.45. The van der Waals surface area contributed by atoms with Crippen molar-refractivity contribution in [1.82, 2.24) is 15.2 Å². The van der Waals surface area contributed by atoms with Crippen LogP contribution in [0.3, 0.4) is 0 Å². The average Bonchev–Trinajstić information content (AvgIpc) is 3.52. The van der Waals surface area contributed by atoms with E-state index in [9.17, 15) is 22.4 Å². The zero-order valence-corrected chi connectivity index (χ0v) is 17.6. The van der Waals surface area contributed by atoms with Crippen LogP contribution in [0.1, 0.15) is 30.1 Å². The van der Waals surface area contributed by atoms with E-state index in [4.69, 9.17) is 4.42 Å². The van der Waals surface area contributed by atoms with Crippen LogP contribution >= 0.6 is 0 Å². The normalized spacial score (nSPS) is 23.2. The molecule has 1 aliphatic carbocycles. The van der Waals surface area contributed by atoms with E-state index in [-0.39, 0.29) is 34.9 Å². The van der Waals surface area contributed by atoms with Gasteiger partial charge in [-0.3, -0.25) is 4.79 Å². The van der Waals surface area contributed by atoms with Gasteiger partial charge in [0.25, 0.3) is 5.91 Å². The summed E-state index contributed by atoms with van der Waals surface area (Å²) in [6.45, 7) is 4.72. The number of amides is 1. The number of aromatic nitrogens is 1. The fourth-order valence-corrected chi connectivity index (χ4v) is 4.32. The molecule has 3 atom stereocenters. The highest BCUT2D eigenvalue weighted by atomic mass is 19.4. The number of allylic oxidation sites excluding steroid dienone is 1. The first-order valence-electron chi connectivity index (χ1n) is 10.2. The lowest BCUT2D eigenvalue weighted by molar-refractivity contribution is -0.0916. The van der Waals surface area contributed by atoms with Gasteiger partial charge in [-0.05, 0) is 44.5 Å². The van der Waals surface area contributed by atoms with Gasteiger partial charge in [0.05, 0.1) is 29.4 Å². The molecule has 2 aliphatic rings. The lowest BCUT2D eigenvalue weighted by Gasteiger charge is -2.32. The number of nitrogens with zero attached hydrogens (tertiary/aromatic N) is 4. The van der Waals surface area contributed by atoms with Crippen molar-refractivity contribution in [2.75, 3.05) is 6.54 Å². The summed E-state index contributed by atoms with van der Waals surface area (Å²) >= 11 is 0. The minimum atomic E-state index is -4.48. The number of hydrogen-bond donors (Lipinski definition) is 1. The number of guanidine groups is 1. The van der Waals surface area contributed by atoms with Crippen molar-refractivity contribution >= 4 is 18.6 Å². The maximum absolute atomic E-state index is 14.7. The van der Waals surface area contributed by atoms with Crippen LogP contribution in [0, 0.1) is 11.7 Å². The number of carbonyl (C=O) groups is 1. The third-order valence-electron chi connectivity index (χ3n) is 5.90. The van der Waals surface area contributed by atoms with E-state index in [2.05, 4.69) is 27.0 Å². The molecule has 1 aromatic carbocycles. The van der Waals surface area contributed by atoms with Crippen LogP contribution < -0.4 is 5.32 Å². The highest BCUT2D eigenvalue weighted by Gasteiger charge is 2.48. The molecular weight excluding hydrogens is 442 g/mol. The van der Waals surface area contributed by atoms with Crippen LogP contribution in [-0.2, 0) is 0 Å². The second-order valence-electron chi connectivity index (χ2n) is 8.01. The Morgan fingerprint density at radius 3 is 2.79 bits per heavy atom. The average molecular weight is 463 g/mol. The molecule has 7 nitrogen and oxygen atoms in total.